The maximum absolute atomic E-state index is 12.3. The van der Waals surface area contributed by atoms with Crippen molar-refractivity contribution in [1.29, 1.82) is 0 Å². The first kappa shape index (κ1) is 16.2. The summed E-state index contributed by atoms with van der Waals surface area (Å²) in [6, 6.07) is 5.06. The van der Waals surface area contributed by atoms with Gasteiger partial charge in [0.1, 0.15) is 6.61 Å². The summed E-state index contributed by atoms with van der Waals surface area (Å²) < 4.78 is 34.9. The Morgan fingerprint density at radius 1 is 1.45 bits per heavy atom. The number of thiazole rings is 1. The van der Waals surface area contributed by atoms with Gasteiger partial charge in [0.05, 0.1) is 19.0 Å². The minimum Gasteiger partial charge on any atom is -0.493 e. The summed E-state index contributed by atoms with van der Waals surface area (Å²) in [4.78, 5) is 4.20. The second-order valence-electron chi connectivity index (χ2n) is 4.24. The van der Waals surface area contributed by atoms with Gasteiger partial charge in [-0.15, -0.1) is 11.3 Å². The molecular formula is C14H15F2N3O2S. The Morgan fingerprint density at radius 3 is 2.91 bits per heavy atom. The number of aryl methyl sites for hydroxylation is 1. The van der Waals surface area contributed by atoms with E-state index in [4.69, 9.17) is 9.47 Å². The molecule has 1 N–H and O–H groups in total. The molecule has 0 amide bonds. The van der Waals surface area contributed by atoms with Crippen molar-refractivity contribution in [3.05, 3.63) is 34.8 Å². The Labute approximate surface area is 130 Å². The lowest BCUT2D eigenvalue weighted by atomic mass is 10.2. The lowest BCUT2D eigenvalue weighted by molar-refractivity contribution is 0.0804. The number of nitrogens with zero attached hydrogens (tertiary/aromatic N) is 2. The smallest absolute Gasteiger partial charge is 0.272 e. The van der Waals surface area contributed by atoms with E-state index in [9.17, 15) is 8.78 Å². The molecule has 0 spiro atoms. The number of hydrogen-bond acceptors (Lipinski definition) is 6. The van der Waals surface area contributed by atoms with E-state index >= 15 is 0 Å². The molecule has 0 atom stereocenters. The second kappa shape index (κ2) is 7.69. The molecule has 0 unspecified atom stereocenters. The molecule has 1 aromatic heterocycles. The largest absolute Gasteiger partial charge is 0.493 e. The van der Waals surface area contributed by atoms with Crippen LogP contribution in [0.4, 0.5) is 13.9 Å². The van der Waals surface area contributed by atoms with Gasteiger partial charge < -0.3 is 9.47 Å². The number of hydrazone groups is 1. The summed E-state index contributed by atoms with van der Waals surface area (Å²) in [6.45, 7) is 1.17. The fraction of sp³-hybridized carbons (Fsp3) is 0.286. The number of nitrogens with one attached hydrogen (secondary N) is 1. The van der Waals surface area contributed by atoms with Crippen molar-refractivity contribution in [3.63, 3.8) is 0 Å². The van der Waals surface area contributed by atoms with Gasteiger partial charge in [0.15, 0.2) is 11.5 Å². The molecule has 0 aliphatic carbocycles. The molecule has 0 saturated carbocycles. The molecule has 2 aromatic rings. The molecule has 0 saturated heterocycles. The molecule has 118 valence electrons. The van der Waals surface area contributed by atoms with Gasteiger partial charge in [0.25, 0.3) is 6.43 Å². The molecule has 8 heteroatoms. The van der Waals surface area contributed by atoms with Crippen LogP contribution in [-0.4, -0.2) is 31.3 Å². The molecule has 2 rings (SSSR count). The predicted octanol–water partition coefficient (Wildman–Crippen LogP) is 3.55. The van der Waals surface area contributed by atoms with Crippen LogP contribution < -0.4 is 14.9 Å². The molecule has 1 aromatic carbocycles. The number of rotatable bonds is 7. The van der Waals surface area contributed by atoms with Gasteiger partial charge in [-0.3, -0.25) is 5.43 Å². The molecule has 22 heavy (non-hydrogen) atoms. The number of halogens is 2. The Morgan fingerprint density at radius 2 is 2.27 bits per heavy atom. The maximum Gasteiger partial charge on any atom is 0.272 e. The van der Waals surface area contributed by atoms with Gasteiger partial charge in [-0.25, -0.2) is 13.8 Å². The van der Waals surface area contributed by atoms with Crippen LogP contribution in [0.15, 0.2) is 28.7 Å². The van der Waals surface area contributed by atoms with Crippen LogP contribution >= 0.6 is 11.3 Å². The third-order valence-corrected chi connectivity index (χ3v) is 3.43. The van der Waals surface area contributed by atoms with Crippen molar-refractivity contribution >= 4 is 22.7 Å². The molecule has 1 heterocycles. The van der Waals surface area contributed by atoms with Gasteiger partial charge in [-0.1, -0.05) is 6.07 Å². The van der Waals surface area contributed by atoms with Crippen molar-refractivity contribution in [1.82, 2.24) is 4.98 Å². The summed E-state index contributed by atoms with van der Waals surface area (Å²) in [6.07, 6.45) is -1.09. The quantitative estimate of drug-likeness (QED) is 0.624. The highest BCUT2D eigenvalue weighted by Gasteiger charge is 2.12. The van der Waals surface area contributed by atoms with Crippen LogP contribution in [0.25, 0.3) is 0 Å². The van der Waals surface area contributed by atoms with Crippen molar-refractivity contribution in [2.24, 2.45) is 5.10 Å². The first-order chi connectivity index (χ1) is 10.6. The SMILES string of the molecule is COc1cccc(C=NNc2nc(C)cs2)c1OCC(F)F. The van der Waals surface area contributed by atoms with Crippen molar-refractivity contribution in [2.75, 3.05) is 19.1 Å². The molecule has 5 nitrogen and oxygen atoms in total. The van der Waals surface area contributed by atoms with Crippen LogP contribution in [0.3, 0.4) is 0 Å². The van der Waals surface area contributed by atoms with E-state index in [0.717, 1.165) is 5.69 Å². The predicted molar refractivity (Wildman–Crippen MR) is 82.6 cm³/mol. The number of para-hydroxylation sites is 1. The van der Waals surface area contributed by atoms with Gasteiger partial charge in [0, 0.05) is 10.9 Å². The van der Waals surface area contributed by atoms with Crippen molar-refractivity contribution < 1.29 is 18.3 Å². The maximum atomic E-state index is 12.3. The zero-order valence-corrected chi connectivity index (χ0v) is 12.9. The van der Waals surface area contributed by atoms with Crippen LogP contribution in [0.1, 0.15) is 11.3 Å². The number of methoxy groups -OCH3 is 1. The van der Waals surface area contributed by atoms with Crippen molar-refractivity contribution in [2.45, 2.75) is 13.3 Å². The lowest BCUT2D eigenvalue weighted by Gasteiger charge is -2.12. The Hall–Kier alpha value is -2.22. The lowest BCUT2D eigenvalue weighted by Crippen LogP contribution is -2.09. The molecule has 0 bridgehead atoms. The van der Waals surface area contributed by atoms with Crippen LogP contribution in [0, 0.1) is 6.92 Å². The Balaban J connectivity index is 2.14. The molecule has 0 fully saturated rings. The van der Waals surface area contributed by atoms with E-state index in [-0.39, 0.29) is 5.75 Å². The van der Waals surface area contributed by atoms with E-state index in [1.54, 1.807) is 18.2 Å². The van der Waals surface area contributed by atoms with Gasteiger partial charge in [-0.2, -0.15) is 5.10 Å². The number of benzene rings is 1. The third kappa shape index (κ3) is 4.39. The number of anilines is 1. The first-order valence-electron chi connectivity index (χ1n) is 6.39. The topological polar surface area (TPSA) is 55.7 Å². The van der Waals surface area contributed by atoms with Crippen LogP contribution in [0.2, 0.25) is 0 Å². The minimum absolute atomic E-state index is 0.228. The average Bonchev–Trinajstić information content (AvgIpc) is 2.91. The number of hydrogen-bond donors (Lipinski definition) is 1. The minimum atomic E-state index is -2.56. The standard InChI is InChI=1S/C14H15F2N3O2S/c1-9-8-22-14(18-9)19-17-6-10-4-3-5-11(20-2)13(10)21-7-12(15)16/h3-6,8,12H,7H2,1-2H3,(H,18,19). The van der Waals surface area contributed by atoms with Gasteiger partial charge in [0.2, 0.25) is 5.13 Å². The highest BCUT2D eigenvalue weighted by atomic mass is 32.1. The summed E-state index contributed by atoms with van der Waals surface area (Å²) in [7, 11) is 1.45. The van der Waals surface area contributed by atoms with E-state index in [2.05, 4.69) is 15.5 Å². The van der Waals surface area contributed by atoms with E-state index < -0.39 is 13.0 Å². The third-order valence-electron chi connectivity index (χ3n) is 2.57. The average molecular weight is 327 g/mol. The molecule has 0 aliphatic heterocycles. The molecular weight excluding hydrogens is 312 g/mol. The second-order valence-corrected chi connectivity index (χ2v) is 5.10. The number of aromatic nitrogens is 1. The summed E-state index contributed by atoms with van der Waals surface area (Å²) in [5.74, 6) is 0.598. The summed E-state index contributed by atoms with van der Waals surface area (Å²) >= 11 is 1.42. The zero-order chi connectivity index (χ0) is 15.9. The Bertz CT molecular complexity index is 647. The highest BCUT2D eigenvalue weighted by molar-refractivity contribution is 7.13. The molecule has 0 aliphatic rings. The Kier molecular flexibility index (Phi) is 5.65. The van der Waals surface area contributed by atoms with Gasteiger partial charge in [-0.05, 0) is 19.1 Å². The summed E-state index contributed by atoms with van der Waals surface area (Å²) in [5.41, 5.74) is 4.20. The van der Waals surface area contributed by atoms with Crippen LogP contribution in [0.5, 0.6) is 11.5 Å². The zero-order valence-electron chi connectivity index (χ0n) is 12.0. The number of alkyl halides is 2. The first-order valence-corrected chi connectivity index (χ1v) is 7.27. The fourth-order valence-electron chi connectivity index (χ4n) is 1.66. The number of ether oxygens (including phenoxy) is 2. The molecule has 0 radical (unpaired) electrons. The van der Waals surface area contributed by atoms with Gasteiger partial charge >= 0.3 is 0 Å². The fourth-order valence-corrected chi connectivity index (χ4v) is 2.30. The van der Waals surface area contributed by atoms with E-state index in [1.165, 1.54) is 24.7 Å². The van der Waals surface area contributed by atoms with Crippen LogP contribution in [-0.2, 0) is 0 Å². The monoisotopic (exact) mass is 327 g/mol. The normalized spacial score (nSPS) is 11.1. The van der Waals surface area contributed by atoms with E-state index in [0.29, 0.717) is 16.4 Å². The summed E-state index contributed by atoms with van der Waals surface area (Å²) in [5, 5.41) is 6.57. The highest BCUT2D eigenvalue weighted by Crippen LogP contribution is 2.30. The van der Waals surface area contributed by atoms with E-state index in [1.807, 2.05) is 12.3 Å². The van der Waals surface area contributed by atoms with Crippen molar-refractivity contribution in [3.8, 4) is 11.5 Å².